The fourth-order valence-corrected chi connectivity index (χ4v) is 5.27. The fourth-order valence-electron chi connectivity index (χ4n) is 5.27. The number of amides is 1. The Hall–Kier alpha value is -2.64. The van der Waals surface area contributed by atoms with E-state index in [0.717, 1.165) is 86.9 Å². The number of carbonyl (C=O) groups is 1. The molecule has 5 rings (SSSR count). The molecule has 0 spiro atoms. The van der Waals surface area contributed by atoms with Gasteiger partial charge in [-0.15, -0.1) is 0 Å². The maximum absolute atomic E-state index is 14.0. The van der Waals surface area contributed by atoms with Crippen molar-refractivity contribution in [3.8, 4) is 0 Å². The molecule has 1 aliphatic carbocycles. The molecule has 2 aliphatic heterocycles. The van der Waals surface area contributed by atoms with Gasteiger partial charge in [0.1, 0.15) is 5.82 Å². The number of benzene rings is 1. The number of hydrogen-bond acceptors (Lipinski definition) is 6. The van der Waals surface area contributed by atoms with Crippen LogP contribution >= 0.6 is 0 Å². The Labute approximate surface area is 196 Å². The Morgan fingerprint density at radius 1 is 1.21 bits per heavy atom. The van der Waals surface area contributed by atoms with Crippen LogP contribution in [-0.2, 0) is 20.8 Å². The summed E-state index contributed by atoms with van der Waals surface area (Å²) in [4.78, 5) is 22.9. The third-order valence-electron chi connectivity index (χ3n) is 7.51. The first-order valence-corrected chi connectivity index (χ1v) is 12.1. The van der Waals surface area contributed by atoms with Crippen LogP contribution in [0.3, 0.4) is 0 Å². The van der Waals surface area contributed by atoms with Gasteiger partial charge in [-0.25, -0.2) is 4.98 Å². The van der Waals surface area contributed by atoms with E-state index in [0.29, 0.717) is 6.54 Å². The molecule has 1 N–H and O–H groups in total. The van der Waals surface area contributed by atoms with Crippen LogP contribution < -0.4 is 15.1 Å². The summed E-state index contributed by atoms with van der Waals surface area (Å²) in [6.07, 6.45) is 6.46. The molecule has 1 saturated carbocycles. The number of hydrogen-bond donors (Lipinski definition) is 1. The van der Waals surface area contributed by atoms with Crippen LogP contribution in [0, 0.1) is 5.92 Å². The smallest absolute Gasteiger partial charge is 0.230 e. The van der Waals surface area contributed by atoms with E-state index in [-0.39, 0.29) is 17.4 Å². The first-order chi connectivity index (χ1) is 16.1. The second-order valence-corrected chi connectivity index (χ2v) is 9.64. The highest BCUT2D eigenvalue weighted by molar-refractivity contribution is 6.00. The number of anilines is 4. The summed E-state index contributed by atoms with van der Waals surface area (Å²) >= 11 is 0. The third-order valence-corrected chi connectivity index (χ3v) is 7.51. The number of nitrogens with one attached hydrogen (secondary N) is 1. The Morgan fingerprint density at radius 3 is 2.88 bits per heavy atom. The summed E-state index contributed by atoms with van der Waals surface area (Å²) in [5, 5.41) is 3.49. The molecule has 7 heteroatoms. The molecule has 1 aromatic carbocycles. The maximum atomic E-state index is 14.0. The van der Waals surface area contributed by atoms with E-state index >= 15 is 0 Å². The highest BCUT2D eigenvalue weighted by Gasteiger charge is 2.35. The second kappa shape index (κ2) is 9.31. The predicted molar refractivity (Wildman–Crippen MR) is 130 cm³/mol. The first kappa shape index (κ1) is 22.2. The lowest BCUT2D eigenvalue weighted by atomic mass is 9.94. The van der Waals surface area contributed by atoms with Gasteiger partial charge in [-0.1, -0.05) is 6.07 Å². The van der Waals surface area contributed by atoms with Gasteiger partial charge >= 0.3 is 0 Å². The fraction of sp³-hybridized carbons (Fsp3) is 0.538. The number of ether oxygens (including phenoxy) is 2. The highest BCUT2D eigenvalue weighted by atomic mass is 16.5. The largest absolute Gasteiger partial charge is 0.379 e. The number of fused-ring (bicyclic) bond motifs is 2. The molecule has 0 radical (unpaired) electrons. The summed E-state index contributed by atoms with van der Waals surface area (Å²) in [5.74, 6) is 1.02. The summed E-state index contributed by atoms with van der Waals surface area (Å²) in [5.41, 5.74) is 3.88. The van der Waals surface area contributed by atoms with E-state index in [2.05, 4.69) is 46.4 Å². The van der Waals surface area contributed by atoms with E-state index in [1.807, 2.05) is 11.0 Å². The van der Waals surface area contributed by atoms with Crippen molar-refractivity contribution in [1.29, 1.82) is 0 Å². The summed E-state index contributed by atoms with van der Waals surface area (Å²) in [6, 6.07) is 10.4. The van der Waals surface area contributed by atoms with E-state index < -0.39 is 0 Å². The summed E-state index contributed by atoms with van der Waals surface area (Å²) in [6.45, 7) is 5.87. The normalized spacial score (nSPS) is 25.3. The van der Waals surface area contributed by atoms with Crippen molar-refractivity contribution < 1.29 is 14.3 Å². The average Bonchev–Trinajstić information content (AvgIpc) is 3.16. The van der Waals surface area contributed by atoms with E-state index in [9.17, 15) is 4.79 Å². The van der Waals surface area contributed by atoms with Gasteiger partial charge in [0, 0.05) is 43.6 Å². The molecule has 1 saturated heterocycles. The van der Waals surface area contributed by atoms with Crippen LogP contribution in [0.4, 0.5) is 22.9 Å². The van der Waals surface area contributed by atoms with Crippen molar-refractivity contribution in [2.45, 2.75) is 51.2 Å². The Balaban J connectivity index is 1.49. The molecule has 1 amide bonds. The Bertz CT molecular complexity index is 1010. The van der Waals surface area contributed by atoms with Crippen LogP contribution in [0.25, 0.3) is 0 Å². The van der Waals surface area contributed by atoms with Gasteiger partial charge in [0.2, 0.25) is 5.91 Å². The lowest BCUT2D eigenvalue weighted by Gasteiger charge is -2.32. The molecule has 1 aromatic heterocycles. The van der Waals surface area contributed by atoms with Gasteiger partial charge in [-0.2, -0.15) is 0 Å². The van der Waals surface area contributed by atoms with Crippen molar-refractivity contribution in [2.24, 2.45) is 5.92 Å². The molecular weight excluding hydrogens is 416 g/mol. The molecule has 0 bridgehead atoms. The number of methoxy groups -OCH3 is 1. The van der Waals surface area contributed by atoms with Gasteiger partial charge < -0.3 is 24.6 Å². The number of carbonyl (C=O) groups excluding carboxylic acids is 1. The van der Waals surface area contributed by atoms with Crippen molar-refractivity contribution in [3.63, 3.8) is 0 Å². The number of aromatic nitrogens is 1. The van der Waals surface area contributed by atoms with Crippen LogP contribution in [0.5, 0.6) is 0 Å². The topological polar surface area (TPSA) is 66.9 Å². The molecule has 0 unspecified atom stereocenters. The van der Waals surface area contributed by atoms with Crippen molar-refractivity contribution in [1.82, 2.24) is 4.98 Å². The molecule has 3 heterocycles. The second-order valence-electron chi connectivity index (χ2n) is 9.64. The molecule has 176 valence electrons. The number of rotatable bonds is 3. The van der Waals surface area contributed by atoms with Crippen LogP contribution in [0.15, 0.2) is 36.5 Å². The maximum Gasteiger partial charge on any atom is 0.230 e. The van der Waals surface area contributed by atoms with E-state index in [1.165, 1.54) is 0 Å². The van der Waals surface area contributed by atoms with Crippen LogP contribution in [0.2, 0.25) is 0 Å². The molecule has 3 aliphatic rings. The SMILES string of the molecule is CO[C@@]1(C)CCC[C@@H](C(=O)N2Cc3cccnc3Nc3ccc(N4CCOCC4)cc32)CC1. The van der Waals surface area contributed by atoms with Crippen LogP contribution in [-0.4, -0.2) is 49.9 Å². The number of morpholine rings is 1. The predicted octanol–water partition coefficient (Wildman–Crippen LogP) is 4.49. The third kappa shape index (κ3) is 4.57. The molecule has 2 atom stereocenters. The zero-order chi connectivity index (χ0) is 22.8. The molecule has 2 aromatic rings. The monoisotopic (exact) mass is 450 g/mol. The lowest BCUT2D eigenvalue weighted by Crippen LogP contribution is -2.37. The molecule has 33 heavy (non-hydrogen) atoms. The lowest BCUT2D eigenvalue weighted by molar-refractivity contribution is -0.123. The highest BCUT2D eigenvalue weighted by Crippen LogP contribution is 2.40. The Kier molecular flexibility index (Phi) is 6.25. The zero-order valence-corrected chi connectivity index (χ0v) is 19.7. The average molecular weight is 451 g/mol. The number of pyridine rings is 1. The van der Waals surface area contributed by atoms with Crippen molar-refractivity contribution in [3.05, 3.63) is 42.1 Å². The van der Waals surface area contributed by atoms with Gasteiger partial charge in [-0.3, -0.25) is 4.79 Å². The van der Waals surface area contributed by atoms with Gasteiger partial charge in [-0.05, 0) is 63.3 Å². The molecular formula is C26H34N4O3. The summed E-state index contributed by atoms with van der Waals surface area (Å²) in [7, 11) is 1.79. The van der Waals surface area contributed by atoms with E-state index in [1.54, 1.807) is 13.3 Å². The standard InChI is InChI=1S/C26H34N4O3/c1-26(32-2)10-3-5-19(9-11-26)25(31)30-18-20-6-4-12-27-24(20)28-22-8-7-21(17-23(22)30)29-13-15-33-16-14-29/h4,6-8,12,17,19H,3,5,9-11,13-16,18H2,1-2H3,(H,27,28)/t19-,26+/m1/s1. The minimum atomic E-state index is -0.132. The van der Waals surface area contributed by atoms with Crippen molar-refractivity contribution >= 4 is 28.8 Å². The molecule has 7 nitrogen and oxygen atoms in total. The minimum Gasteiger partial charge on any atom is -0.379 e. The zero-order valence-electron chi connectivity index (χ0n) is 19.7. The van der Waals surface area contributed by atoms with Gasteiger partial charge in [0.15, 0.2) is 0 Å². The van der Waals surface area contributed by atoms with E-state index in [4.69, 9.17) is 9.47 Å². The van der Waals surface area contributed by atoms with Gasteiger partial charge in [0.05, 0.1) is 36.7 Å². The molecule has 2 fully saturated rings. The van der Waals surface area contributed by atoms with Crippen molar-refractivity contribution in [2.75, 3.05) is 48.5 Å². The van der Waals surface area contributed by atoms with Crippen LogP contribution in [0.1, 0.15) is 44.6 Å². The summed E-state index contributed by atoms with van der Waals surface area (Å²) < 4.78 is 11.3. The minimum absolute atomic E-state index is 0.0000826. The number of nitrogens with zero attached hydrogens (tertiary/aromatic N) is 3. The van der Waals surface area contributed by atoms with Gasteiger partial charge in [0.25, 0.3) is 0 Å². The Morgan fingerprint density at radius 2 is 2.06 bits per heavy atom. The quantitative estimate of drug-likeness (QED) is 0.695. The first-order valence-electron chi connectivity index (χ1n) is 12.1.